The number of benzene rings is 6. The Labute approximate surface area is 235 Å². The summed E-state index contributed by atoms with van der Waals surface area (Å²) < 4.78 is 0. The molecule has 0 aromatic heterocycles. The van der Waals surface area contributed by atoms with Gasteiger partial charge in [0.05, 0.1) is 0 Å². The zero-order valence-electron chi connectivity index (χ0n) is 22.5. The molecule has 2 aliphatic rings. The van der Waals surface area contributed by atoms with Crippen molar-refractivity contribution in [3.8, 4) is 22.3 Å². The van der Waals surface area contributed by atoms with E-state index < -0.39 is 0 Å². The standard InChI is InChI=1S/C40H30/c1-3-13-37-27(7-1)15-17-35-25-33(19-21-39(35)37)31-11-5-9-29(23-31)30-10-6-12-32(24-30)34-20-22-40-36(26-34)18-16-28-8-2-4-14-38(28)40/h1-15,17,19-23,25-26,30H,16,18,24H2. The molecule has 0 saturated heterocycles. The summed E-state index contributed by atoms with van der Waals surface area (Å²) in [5.41, 5.74) is 12.5. The minimum absolute atomic E-state index is 0.376. The fourth-order valence-corrected chi connectivity index (χ4v) is 6.80. The van der Waals surface area contributed by atoms with Gasteiger partial charge in [0, 0.05) is 5.92 Å². The molecule has 0 N–H and O–H groups in total. The molecule has 40 heavy (non-hydrogen) atoms. The van der Waals surface area contributed by atoms with Crippen LogP contribution in [0.5, 0.6) is 0 Å². The zero-order chi connectivity index (χ0) is 26.5. The molecule has 190 valence electrons. The molecule has 1 atom stereocenters. The monoisotopic (exact) mass is 510 g/mol. The van der Waals surface area contributed by atoms with Gasteiger partial charge in [-0.2, -0.15) is 0 Å². The molecule has 0 bridgehead atoms. The second kappa shape index (κ2) is 9.50. The van der Waals surface area contributed by atoms with E-state index in [4.69, 9.17) is 0 Å². The van der Waals surface area contributed by atoms with E-state index in [1.807, 2.05) is 0 Å². The van der Waals surface area contributed by atoms with Gasteiger partial charge in [-0.1, -0.05) is 133 Å². The summed E-state index contributed by atoms with van der Waals surface area (Å²) in [6.07, 6.45) is 10.2. The van der Waals surface area contributed by atoms with Gasteiger partial charge in [0.15, 0.2) is 0 Å². The number of hydrogen-bond acceptors (Lipinski definition) is 0. The highest BCUT2D eigenvalue weighted by molar-refractivity contribution is 6.08. The van der Waals surface area contributed by atoms with E-state index in [-0.39, 0.29) is 0 Å². The van der Waals surface area contributed by atoms with Crippen LogP contribution in [-0.2, 0) is 12.8 Å². The van der Waals surface area contributed by atoms with E-state index in [2.05, 4.69) is 140 Å². The van der Waals surface area contributed by atoms with Crippen LogP contribution in [0, 0.1) is 0 Å². The molecule has 6 aromatic rings. The lowest BCUT2D eigenvalue weighted by Crippen LogP contribution is -2.05. The molecule has 1 unspecified atom stereocenters. The second-order valence-electron chi connectivity index (χ2n) is 11.3. The SMILES string of the molecule is C1=CC(c2cccc(-c3ccc4c(ccc5ccccc54)c3)c2)CC(c2ccc3c(c2)CCc2ccccc2-3)=C1. The van der Waals surface area contributed by atoms with Gasteiger partial charge in [-0.3, -0.25) is 0 Å². The largest absolute Gasteiger partial charge is 0.0767 e. The lowest BCUT2D eigenvalue weighted by molar-refractivity contribution is 0.867. The minimum atomic E-state index is 0.376. The van der Waals surface area contributed by atoms with E-state index in [0.717, 1.165) is 19.3 Å². The second-order valence-corrected chi connectivity index (χ2v) is 11.3. The van der Waals surface area contributed by atoms with Gasteiger partial charge in [-0.05, 0) is 97.0 Å². The quantitative estimate of drug-likeness (QED) is 0.208. The Morgan fingerprint density at radius 2 is 1.27 bits per heavy atom. The Balaban J connectivity index is 1.08. The van der Waals surface area contributed by atoms with Crippen LogP contribution >= 0.6 is 0 Å². The summed E-state index contributed by atoms with van der Waals surface area (Å²) in [7, 11) is 0. The van der Waals surface area contributed by atoms with E-state index >= 15 is 0 Å². The van der Waals surface area contributed by atoms with Crippen molar-refractivity contribution in [2.45, 2.75) is 25.2 Å². The molecule has 0 heterocycles. The van der Waals surface area contributed by atoms with Crippen molar-refractivity contribution in [2.75, 3.05) is 0 Å². The van der Waals surface area contributed by atoms with Crippen LogP contribution in [0.1, 0.15) is 34.6 Å². The first kappa shape index (κ1) is 23.2. The molecule has 0 radical (unpaired) electrons. The Hall–Kier alpha value is -4.68. The van der Waals surface area contributed by atoms with E-state index in [0.29, 0.717) is 5.92 Å². The van der Waals surface area contributed by atoms with Crippen molar-refractivity contribution < 1.29 is 0 Å². The summed E-state index contributed by atoms with van der Waals surface area (Å²) in [6, 6.07) is 45.2. The van der Waals surface area contributed by atoms with Gasteiger partial charge in [0.1, 0.15) is 0 Å². The molecule has 8 rings (SSSR count). The predicted octanol–water partition coefficient (Wildman–Crippen LogP) is 10.6. The van der Waals surface area contributed by atoms with Gasteiger partial charge in [-0.15, -0.1) is 0 Å². The number of aryl methyl sites for hydroxylation is 2. The lowest BCUT2D eigenvalue weighted by Gasteiger charge is -2.23. The summed E-state index contributed by atoms with van der Waals surface area (Å²) >= 11 is 0. The van der Waals surface area contributed by atoms with Crippen LogP contribution in [0.3, 0.4) is 0 Å². The maximum Gasteiger partial charge on any atom is 0.00619 e. The normalized spacial score (nSPS) is 16.0. The van der Waals surface area contributed by atoms with Gasteiger partial charge in [-0.25, -0.2) is 0 Å². The highest BCUT2D eigenvalue weighted by Crippen LogP contribution is 2.39. The molecule has 0 saturated carbocycles. The first-order valence-corrected chi connectivity index (χ1v) is 14.4. The third kappa shape index (κ3) is 4.00. The number of rotatable bonds is 3. The van der Waals surface area contributed by atoms with Crippen molar-refractivity contribution in [3.05, 3.63) is 162 Å². The maximum absolute atomic E-state index is 2.45. The molecule has 0 fully saturated rings. The van der Waals surface area contributed by atoms with Gasteiger partial charge >= 0.3 is 0 Å². The molecule has 2 aliphatic carbocycles. The molecule has 6 aromatic carbocycles. The smallest absolute Gasteiger partial charge is 0.00619 e. The lowest BCUT2D eigenvalue weighted by atomic mass is 9.81. The Bertz CT molecular complexity index is 1980. The van der Waals surface area contributed by atoms with Crippen LogP contribution in [-0.4, -0.2) is 0 Å². The zero-order valence-corrected chi connectivity index (χ0v) is 22.5. The van der Waals surface area contributed by atoms with Crippen LogP contribution < -0.4 is 0 Å². The summed E-state index contributed by atoms with van der Waals surface area (Å²) in [5.74, 6) is 0.376. The number of fused-ring (bicyclic) bond motifs is 6. The highest BCUT2D eigenvalue weighted by atomic mass is 14.2. The summed E-state index contributed by atoms with van der Waals surface area (Å²) in [6.45, 7) is 0. The average Bonchev–Trinajstić information content (AvgIpc) is 3.04. The van der Waals surface area contributed by atoms with Crippen LogP contribution in [0.4, 0.5) is 0 Å². The van der Waals surface area contributed by atoms with Crippen LogP contribution in [0.2, 0.25) is 0 Å². The Kier molecular flexibility index (Phi) is 5.52. The molecule has 0 spiro atoms. The summed E-state index contributed by atoms with van der Waals surface area (Å²) in [5, 5.41) is 5.22. The molecule has 0 nitrogen and oxygen atoms in total. The number of allylic oxidation sites excluding steroid dienone is 4. The average molecular weight is 511 g/mol. The van der Waals surface area contributed by atoms with Gasteiger partial charge in [0.2, 0.25) is 0 Å². The predicted molar refractivity (Wildman–Crippen MR) is 171 cm³/mol. The van der Waals surface area contributed by atoms with Crippen LogP contribution in [0.15, 0.2) is 140 Å². The first-order chi connectivity index (χ1) is 19.8. The molecular weight excluding hydrogens is 480 g/mol. The van der Waals surface area contributed by atoms with E-state index in [1.165, 1.54) is 71.6 Å². The topological polar surface area (TPSA) is 0 Å². The van der Waals surface area contributed by atoms with Crippen molar-refractivity contribution in [1.82, 2.24) is 0 Å². The van der Waals surface area contributed by atoms with Gasteiger partial charge < -0.3 is 0 Å². The minimum Gasteiger partial charge on any atom is -0.0767 e. The van der Waals surface area contributed by atoms with Crippen molar-refractivity contribution in [1.29, 1.82) is 0 Å². The fourth-order valence-electron chi connectivity index (χ4n) is 6.80. The van der Waals surface area contributed by atoms with Crippen LogP contribution in [0.25, 0.3) is 49.4 Å². The Morgan fingerprint density at radius 1 is 0.500 bits per heavy atom. The fraction of sp³-hybridized carbons (Fsp3) is 0.100. The van der Waals surface area contributed by atoms with E-state index in [9.17, 15) is 0 Å². The first-order valence-electron chi connectivity index (χ1n) is 14.4. The molecule has 0 aliphatic heterocycles. The third-order valence-electron chi connectivity index (χ3n) is 8.92. The maximum atomic E-state index is 2.45. The summed E-state index contributed by atoms with van der Waals surface area (Å²) in [4.78, 5) is 0. The van der Waals surface area contributed by atoms with Crippen molar-refractivity contribution in [2.24, 2.45) is 0 Å². The molecule has 0 heteroatoms. The highest BCUT2D eigenvalue weighted by Gasteiger charge is 2.19. The molecule has 0 amide bonds. The third-order valence-corrected chi connectivity index (χ3v) is 8.92. The molecular formula is C40H30. The Morgan fingerprint density at radius 3 is 2.27 bits per heavy atom. The van der Waals surface area contributed by atoms with Crippen molar-refractivity contribution >= 4 is 27.1 Å². The number of hydrogen-bond donors (Lipinski definition) is 0. The van der Waals surface area contributed by atoms with E-state index in [1.54, 1.807) is 0 Å². The van der Waals surface area contributed by atoms with Crippen molar-refractivity contribution in [3.63, 3.8) is 0 Å². The van der Waals surface area contributed by atoms with Gasteiger partial charge in [0.25, 0.3) is 0 Å².